The van der Waals surface area contributed by atoms with Gasteiger partial charge in [0.2, 0.25) is 0 Å². The van der Waals surface area contributed by atoms with Gasteiger partial charge < -0.3 is 4.42 Å². The molecule has 0 amide bonds. The third-order valence-corrected chi connectivity index (χ3v) is 10.0. The Morgan fingerprint density at radius 3 is 1.98 bits per heavy atom. The molecule has 4 nitrogen and oxygen atoms in total. The van der Waals surface area contributed by atoms with Crippen LogP contribution in [0.3, 0.4) is 0 Å². The zero-order valence-electron chi connectivity index (χ0n) is 30.2. The lowest BCUT2D eigenvalue weighted by Crippen LogP contribution is -2.00. The van der Waals surface area contributed by atoms with E-state index in [-0.39, 0.29) is 29.3 Å². The SMILES string of the molecule is [2H]c1c([2H])c([2H])c(-c2nc(-c3ccc4c(-c5cccc6c5sc5ccccc56)cccc4c3)nc(-c3ccc4c(c3)oc3ccccc34)n2)c([2H])c1[2H]. The van der Waals surface area contributed by atoms with E-state index >= 15 is 0 Å². The van der Waals surface area contributed by atoms with Gasteiger partial charge in [-0.15, -0.1) is 11.3 Å². The highest BCUT2D eigenvalue weighted by molar-refractivity contribution is 7.26. The number of para-hydroxylation sites is 1. The minimum atomic E-state index is -0.481. The van der Waals surface area contributed by atoms with Crippen molar-refractivity contribution in [3.63, 3.8) is 0 Å². The molecule has 48 heavy (non-hydrogen) atoms. The van der Waals surface area contributed by atoms with Crippen LogP contribution < -0.4 is 0 Å². The molecule has 0 saturated heterocycles. The van der Waals surface area contributed by atoms with Crippen molar-refractivity contribution in [1.82, 2.24) is 15.0 Å². The first-order valence-corrected chi connectivity index (χ1v) is 16.3. The Bertz CT molecular complexity index is 3130. The van der Waals surface area contributed by atoms with E-state index in [2.05, 4.69) is 60.7 Å². The van der Waals surface area contributed by atoms with Crippen molar-refractivity contribution in [1.29, 1.82) is 0 Å². The van der Waals surface area contributed by atoms with Crippen LogP contribution in [0.2, 0.25) is 0 Å². The molecule has 3 heterocycles. The van der Waals surface area contributed by atoms with Gasteiger partial charge in [-0.1, -0.05) is 121 Å². The second kappa shape index (κ2) is 10.7. The number of thiophene rings is 1. The Labute approximate surface area is 286 Å². The molecule has 0 spiro atoms. The van der Waals surface area contributed by atoms with Crippen molar-refractivity contribution in [2.45, 2.75) is 0 Å². The molecular weight excluding hydrogens is 607 g/mol. The molecule has 7 aromatic carbocycles. The first-order valence-electron chi connectivity index (χ1n) is 18.0. The highest BCUT2D eigenvalue weighted by Crippen LogP contribution is 2.42. The van der Waals surface area contributed by atoms with E-state index in [4.69, 9.17) is 26.2 Å². The van der Waals surface area contributed by atoms with Gasteiger partial charge in [-0.2, -0.15) is 0 Å². The van der Waals surface area contributed by atoms with E-state index in [0.717, 1.165) is 38.3 Å². The van der Waals surface area contributed by atoms with E-state index in [9.17, 15) is 0 Å². The van der Waals surface area contributed by atoms with Crippen molar-refractivity contribution in [2.75, 3.05) is 0 Å². The van der Waals surface area contributed by atoms with E-state index in [1.54, 1.807) is 11.3 Å². The molecule has 0 bridgehead atoms. The first-order chi connectivity index (χ1) is 25.8. The number of fused-ring (bicyclic) bond motifs is 7. The number of furan rings is 1. The summed E-state index contributed by atoms with van der Waals surface area (Å²) in [5.41, 5.74) is 4.92. The summed E-state index contributed by atoms with van der Waals surface area (Å²) in [4.78, 5) is 14.4. The molecule has 0 fully saturated rings. The average Bonchev–Trinajstić information content (AvgIpc) is 3.77. The van der Waals surface area contributed by atoms with Crippen LogP contribution in [0.15, 0.2) is 156 Å². The lowest BCUT2D eigenvalue weighted by molar-refractivity contribution is 0.669. The molecule has 10 rings (SSSR count). The fourth-order valence-corrected chi connectivity index (χ4v) is 7.82. The predicted octanol–water partition coefficient (Wildman–Crippen LogP) is 12.0. The number of aromatic nitrogens is 3. The smallest absolute Gasteiger partial charge is 0.164 e. The van der Waals surface area contributed by atoms with Crippen molar-refractivity contribution in [2.24, 2.45) is 0 Å². The van der Waals surface area contributed by atoms with E-state index in [1.165, 1.54) is 20.2 Å². The van der Waals surface area contributed by atoms with Gasteiger partial charge in [0.25, 0.3) is 0 Å². The third-order valence-electron chi connectivity index (χ3n) is 8.83. The highest BCUT2D eigenvalue weighted by Gasteiger charge is 2.16. The van der Waals surface area contributed by atoms with Crippen molar-refractivity contribution in [3.05, 3.63) is 152 Å². The van der Waals surface area contributed by atoms with Crippen LogP contribution in [-0.4, -0.2) is 15.0 Å². The van der Waals surface area contributed by atoms with Crippen LogP contribution in [-0.2, 0) is 0 Å². The molecule has 0 saturated carbocycles. The molecule has 5 heteroatoms. The molecule has 0 aliphatic carbocycles. The quantitative estimate of drug-likeness (QED) is 0.193. The fraction of sp³-hybridized carbons (Fsp3) is 0. The molecule has 10 aromatic rings. The Morgan fingerprint density at radius 2 is 1.12 bits per heavy atom. The molecule has 0 unspecified atom stereocenters. The normalized spacial score (nSPS) is 13.2. The largest absolute Gasteiger partial charge is 0.456 e. The molecular formula is C43H25N3OS. The Morgan fingerprint density at radius 1 is 0.479 bits per heavy atom. The summed E-state index contributed by atoms with van der Waals surface area (Å²) in [5.74, 6) is 0.571. The maximum absolute atomic E-state index is 8.71. The van der Waals surface area contributed by atoms with Gasteiger partial charge in [-0.25, -0.2) is 15.0 Å². The van der Waals surface area contributed by atoms with Crippen molar-refractivity contribution < 1.29 is 11.3 Å². The van der Waals surface area contributed by atoms with Crippen LogP contribution in [0, 0.1) is 0 Å². The van der Waals surface area contributed by atoms with Gasteiger partial charge in [0, 0.05) is 53.2 Å². The Kier molecular flexibility index (Phi) is 4.98. The lowest BCUT2D eigenvalue weighted by Gasteiger charge is -2.11. The molecule has 0 aliphatic heterocycles. The molecule has 224 valence electrons. The summed E-state index contributed by atoms with van der Waals surface area (Å²) < 4.78 is 50.9. The van der Waals surface area contributed by atoms with Crippen LogP contribution in [0.25, 0.3) is 98.2 Å². The maximum atomic E-state index is 8.71. The van der Waals surface area contributed by atoms with E-state index in [0.29, 0.717) is 22.5 Å². The summed E-state index contributed by atoms with van der Waals surface area (Å²) in [6.07, 6.45) is 0. The van der Waals surface area contributed by atoms with Gasteiger partial charge in [0.05, 0.1) is 6.85 Å². The summed E-state index contributed by atoms with van der Waals surface area (Å²) in [7, 11) is 0. The molecule has 0 radical (unpaired) electrons. The Hall–Kier alpha value is -6.17. The number of hydrogen-bond donors (Lipinski definition) is 0. The van der Waals surface area contributed by atoms with Gasteiger partial charge in [-0.3, -0.25) is 0 Å². The standard InChI is InChI=1S/C43H25N3OS/c1-2-10-26(11-3-1)41-44-42(46-43(45-41)29-21-23-33-32-13-4-6-18-37(32)47-38(33)25-29)28-20-22-30-27(24-28)12-8-15-31(30)35-16-9-17-36-34-14-5-7-19-39(34)48-40(35)36/h1-25H/i1D,2D,3D,10D,11D. The van der Waals surface area contributed by atoms with Gasteiger partial charge >= 0.3 is 0 Å². The number of nitrogens with zero attached hydrogens (tertiary/aromatic N) is 3. The van der Waals surface area contributed by atoms with Crippen LogP contribution >= 0.6 is 11.3 Å². The van der Waals surface area contributed by atoms with E-state index < -0.39 is 18.1 Å². The highest BCUT2D eigenvalue weighted by atomic mass is 32.1. The second-order valence-corrected chi connectivity index (χ2v) is 12.7. The van der Waals surface area contributed by atoms with Gasteiger partial charge in [0.15, 0.2) is 17.5 Å². The zero-order chi connectivity index (χ0) is 36.0. The molecule has 0 atom stereocenters. The topological polar surface area (TPSA) is 51.8 Å². The van der Waals surface area contributed by atoms with Crippen LogP contribution in [0.4, 0.5) is 0 Å². The molecule has 3 aromatic heterocycles. The predicted molar refractivity (Wildman–Crippen MR) is 199 cm³/mol. The summed E-state index contributed by atoms with van der Waals surface area (Å²) >= 11 is 1.79. The summed E-state index contributed by atoms with van der Waals surface area (Å²) in [6.45, 7) is 0. The zero-order valence-corrected chi connectivity index (χ0v) is 26.0. The third kappa shape index (κ3) is 4.33. The molecule has 0 aliphatic rings. The van der Waals surface area contributed by atoms with Gasteiger partial charge in [0.1, 0.15) is 11.2 Å². The van der Waals surface area contributed by atoms with Crippen molar-refractivity contribution in [3.8, 4) is 45.3 Å². The van der Waals surface area contributed by atoms with Crippen LogP contribution in [0.1, 0.15) is 6.85 Å². The maximum Gasteiger partial charge on any atom is 0.164 e. The number of rotatable bonds is 4. The first kappa shape index (κ1) is 22.4. The van der Waals surface area contributed by atoms with Crippen molar-refractivity contribution >= 4 is 64.2 Å². The Balaban J connectivity index is 1.17. The monoisotopic (exact) mass is 636 g/mol. The number of hydrogen-bond acceptors (Lipinski definition) is 5. The minimum absolute atomic E-state index is 0.0167. The van der Waals surface area contributed by atoms with E-state index in [1.807, 2.05) is 60.7 Å². The van der Waals surface area contributed by atoms with Crippen LogP contribution in [0.5, 0.6) is 0 Å². The average molecular weight is 637 g/mol. The second-order valence-electron chi connectivity index (χ2n) is 11.6. The lowest BCUT2D eigenvalue weighted by atomic mass is 9.95. The summed E-state index contributed by atoms with van der Waals surface area (Å²) in [6, 6.07) is 38.6. The number of benzene rings is 7. The molecule has 0 N–H and O–H groups in total. The fourth-order valence-electron chi connectivity index (χ4n) is 6.59. The minimum Gasteiger partial charge on any atom is -0.456 e. The van der Waals surface area contributed by atoms with Gasteiger partial charge in [-0.05, 0) is 46.7 Å². The summed E-state index contributed by atoms with van der Waals surface area (Å²) in [5, 5.41) is 6.46.